The highest BCUT2D eigenvalue weighted by molar-refractivity contribution is 6.06. The van der Waals surface area contributed by atoms with Crippen LogP contribution < -0.4 is 20.1 Å². The quantitative estimate of drug-likeness (QED) is 0.599. The lowest BCUT2D eigenvalue weighted by atomic mass is 10.2. The van der Waals surface area contributed by atoms with Gasteiger partial charge in [0, 0.05) is 24.0 Å². The van der Waals surface area contributed by atoms with Crippen LogP contribution in [0.4, 0.5) is 5.69 Å². The molecule has 0 bridgehead atoms. The van der Waals surface area contributed by atoms with Crippen molar-refractivity contribution in [3.8, 4) is 17.6 Å². The minimum Gasteiger partial charge on any atom is -0.497 e. The summed E-state index contributed by atoms with van der Waals surface area (Å²) in [5, 5.41) is 14.8. The second-order valence-corrected chi connectivity index (χ2v) is 5.05. The number of rotatable bonds is 7. The van der Waals surface area contributed by atoms with Crippen LogP contribution >= 0.6 is 0 Å². The van der Waals surface area contributed by atoms with Crippen LogP contribution in [-0.4, -0.2) is 20.1 Å². The summed E-state index contributed by atoms with van der Waals surface area (Å²) in [6, 6.07) is 16.3. The van der Waals surface area contributed by atoms with E-state index in [0.29, 0.717) is 18.0 Å². The fourth-order valence-electron chi connectivity index (χ4n) is 2.13. The number of hydrogen-bond donors (Lipinski definition) is 2. The van der Waals surface area contributed by atoms with Crippen LogP contribution in [0.2, 0.25) is 0 Å². The van der Waals surface area contributed by atoms with Gasteiger partial charge >= 0.3 is 0 Å². The Hall–Kier alpha value is -3.46. The highest BCUT2D eigenvalue weighted by atomic mass is 16.5. The summed E-state index contributed by atoms with van der Waals surface area (Å²) in [6.07, 6.45) is 1.39. The second-order valence-electron chi connectivity index (χ2n) is 5.05. The predicted molar refractivity (Wildman–Crippen MR) is 95.2 cm³/mol. The van der Waals surface area contributed by atoms with E-state index in [9.17, 15) is 10.1 Å². The first-order valence-electron chi connectivity index (χ1n) is 7.59. The van der Waals surface area contributed by atoms with E-state index < -0.39 is 5.91 Å². The molecule has 2 aromatic rings. The van der Waals surface area contributed by atoms with Crippen molar-refractivity contribution in [2.75, 3.05) is 19.5 Å². The lowest BCUT2D eigenvalue weighted by Gasteiger charge is -2.08. The Kier molecular flexibility index (Phi) is 6.43. The van der Waals surface area contributed by atoms with Crippen LogP contribution in [0.15, 0.2) is 60.3 Å². The SMILES string of the molecule is COc1ccc(NC(=O)/C(C#N)=C\NCc2ccccc2OC)cc1. The number of methoxy groups -OCH3 is 2. The maximum Gasteiger partial charge on any atom is 0.267 e. The molecule has 6 nitrogen and oxygen atoms in total. The molecule has 1 amide bonds. The van der Waals surface area contributed by atoms with Gasteiger partial charge in [0.05, 0.1) is 14.2 Å². The number of amides is 1. The van der Waals surface area contributed by atoms with Gasteiger partial charge in [0.2, 0.25) is 0 Å². The van der Waals surface area contributed by atoms with Gasteiger partial charge in [-0.05, 0) is 30.3 Å². The molecule has 128 valence electrons. The van der Waals surface area contributed by atoms with E-state index in [0.717, 1.165) is 11.3 Å². The number of nitriles is 1. The zero-order valence-electron chi connectivity index (χ0n) is 14.1. The summed E-state index contributed by atoms with van der Waals surface area (Å²) in [5.41, 5.74) is 1.48. The average Bonchev–Trinajstić information content (AvgIpc) is 2.66. The number of nitrogens with one attached hydrogen (secondary N) is 2. The fourth-order valence-corrected chi connectivity index (χ4v) is 2.13. The van der Waals surface area contributed by atoms with Gasteiger partial charge in [-0.15, -0.1) is 0 Å². The Balaban J connectivity index is 1.98. The molecular weight excluding hydrogens is 318 g/mol. The van der Waals surface area contributed by atoms with Crippen LogP contribution in [0.25, 0.3) is 0 Å². The van der Waals surface area contributed by atoms with Crippen LogP contribution in [0.3, 0.4) is 0 Å². The van der Waals surface area contributed by atoms with Gasteiger partial charge in [0.1, 0.15) is 23.1 Å². The molecule has 0 spiro atoms. The van der Waals surface area contributed by atoms with Gasteiger partial charge in [-0.2, -0.15) is 5.26 Å². The van der Waals surface area contributed by atoms with E-state index in [-0.39, 0.29) is 5.57 Å². The maximum absolute atomic E-state index is 12.2. The standard InChI is InChI=1S/C19H19N3O3/c1-24-17-9-7-16(8-10-17)22-19(23)15(11-20)13-21-12-14-5-3-4-6-18(14)25-2/h3-10,13,21H,12H2,1-2H3,(H,22,23)/b15-13-. The number of ether oxygens (including phenoxy) is 2. The predicted octanol–water partition coefficient (Wildman–Crippen LogP) is 2.84. The monoisotopic (exact) mass is 337 g/mol. The normalized spacial score (nSPS) is 10.5. The number of carbonyl (C=O) groups is 1. The van der Waals surface area contributed by atoms with E-state index in [2.05, 4.69) is 10.6 Å². The Morgan fingerprint density at radius 2 is 1.84 bits per heavy atom. The molecule has 0 aliphatic heterocycles. The van der Waals surface area contributed by atoms with Crippen LogP contribution in [0, 0.1) is 11.3 Å². The zero-order valence-corrected chi connectivity index (χ0v) is 14.1. The molecular formula is C19H19N3O3. The molecule has 2 aromatic carbocycles. The van der Waals surface area contributed by atoms with Crippen molar-refractivity contribution in [2.45, 2.75) is 6.54 Å². The summed E-state index contributed by atoms with van der Waals surface area (Å²) in [4.78, 5) is 12.2. The average molecular weight is 337 g/mol. The smallest absolute Gasteiger partial charge is 0.267 e. The van der Waals surface area contributed by atoms with Crippen LogP contribution in [0.1, 0.15) is 5.56 Å². The third kappa shape index (κ3) is 5.01. The Bertz CT molecular complexity index is 792. The molecule has 2 N–H and O–H groups in total. The Labute approximate surface area is 146 Å². The van der Waals surface area contributed by atoms with Gasteiger partial charge in [0.15, 0.2) is 0 Å². The second kappa shape index (κ2) is 8.99. The number of hydrogen-bond acceptors (Lipinski definition) is 5. The molecule has 0 unspecified atom stereocenters. The number of anilines is 1. The molecule has 6 heteroatoms. The topological polar surface area (TPSA) is 83.4 Å². The highest BCUT2D eigenvalue weighted by Gasteiger charge is 2.09. The van der Waals surface area contributed by atoms with Gasteiger partial charge in [0.25, 0.3) is 5.91 Å². The van der Waals surface area contributed by atoms with Crippen molar-refractivity contribution in [3.63, 3.8) is 0 Å². The maximum atomic E-state index is 12.2. The van der Waals surface area contributed by atoms with Crippen molar-refractivity contribution in [1.29, 1.82) is 5.26 Å². The molecule has 0 saturated heterocycles. The number of benzene rings is 2. The fraction of sp³-hybridized carbons (Fsp3) is 0.158. The number of carbonyl (C=O) groups excluding carboxylic acids is 1. The molecule has 25 heavy (non-hydrogen) atoms. The lowest BCUT2D eigenvalue weighted by molar-refractivity contribution is -0.112. The largest absolute Gasteiger partial charge is 0.497 e. The van der Waals surface area contributed by atoms with Crippen molar-refractivity contribution in [2.24, 2.45) is 0 Å². The van der Waals surface area contributed by atoms with E-state index in [1.807, 2.05) is 30.3 Å². The first-order chi connectivity index (χ1) is 12.2. The van der Waals surface area contributed by atoms with Gasteiger partial charge in [-0.3, -0.25) is 4.79 Å². The molecule has 0 heterocycles. The summed E-state index contributed by atoms with van der Waals surface area (Å²) < 4.78 is 10.3. The molecule has 0 saturated carbocycles. The van der Waals surface area contributed by atoms with Crippen molar-refractivity contribution < 1.29 is 14.3 Å². The molecule has 0 aliphatic carbocycles. The molecule has 0 fully saturated rings. The molecule has 0 atom stereocenters. The summed E-state index contributed by atoms with van der Waals surface area (Å²) in [7, 11) is 3.16. The summed E-state index contributed by atoms with van der Waals surface area (Å²) >= 11 is 0. The molecule has 0 aliphatic rings. The van der Waals surface area contributed by atoms with Crippen molar-refractivity contribution in [1.82, 2.24) is 5.32 Å². The minimum absolute atomic E-state index is 0.0225. The third-order valence-electron chi connectivity index (χ3n) is 3.44. The highest BCUT2D eigenvalue weighted by Crippen LogP contribution is 2.17. The van der Waals surface area contributed by atoms with Gasteiger partial charge in [-0.25, -0.2) is 0 Å². The van der Waals surface area contributed by atoms with E-state index in [1.54, 1.807) is 38.5 Å². The summed E-state index contributed by atoms with van der Waals surface area (Å²) in [5.74, 6) is 0.942. The zero-order chi connectivity index (χ0) is 18.1. The van der Waals surface area contributed by atoms with E-state index in [1.165, 1.54) is 6.20 Å². The van der Waals surface area contributed by atoms with E-state index >= 15 is 0 Å². The molecule has 0 aromatic heterocycles. The van der Waals surface area contributed by atoms with E-state index in [4.69, 9.17) is 9.47 Å². The molecule has 2 rings (SSSR count). The number of nitrogens with zero attached hydrogens (tertiary/aromatic N) is 1. The Morgan fingerprint density at radius 1 is 1.12 bits per heavy atom. The Morgan fingerprint density at radius 3 is 2.48 bits per heavy atom. The first-order valence-corrected chi connectivity index (χ1v) is 7.59. The van der Waals surface area contributed by atoms with Crippen LogP contribution in [0.5, 0.6) is 11.5 Å². The first kappa shape index (κ1) is 17.9. The van der Waals surface area contributed by atoms with Crippen molar-refractivity contribution in [3.05, 3.63) is 65.9 Å². The summed E-state index contributed by atoms with van der Waals surface area (Å²) in [6.45, 7) is 0.436. The lowest BCUT2D eigenvalue weighted by Crippen LogP contribution is -2.16. The minimum atomic E-state index is -0.486. The molecule has 0 radical (unpaired) electrons. The van der Waals surface area contributed by atoms with Crippen molar-refractivity contribution >= 4 is 11.6 Å². The number of para-hydroxylation sites is 1. The van der Waals surface area contributed by atoms with Gasteiger partial charge in [-0.1, -0.05) is 18.2 Å². The third-order valence-corrected chi connectivity index (χ3v) is 3.44. The van der Waals surface area contributed by atoms with Gasteiger partial charge < -0.3 is 20.1 Å². The van der Waals surface area contributed by atoms with Crippen LogP contribution in [-0.2, 0) is 11.3 Å².